The zero-order valence-corrected chi connectivity index (χ0v) is 11.4. The summed E-state index contributed by atoms with van der Waals surface area (Å²) in [6, 6.07) is 3.10. The Morgan fingerprint density at radius 1 is 1.28 bits per heavy atom. The maximum Gasteiger partial charge on any atom is 0.374 e. The van der Waals surface area contributed by atoms with Crippen molar-refractivity contribution in [3.05, 3.63) is 22.6 Å². The first-order valence-corrected chi connectivity index (χ1v) is 6.66. The molecular weight excluding hydrogens is 302 g/mol. The first kappa shape index (κ1) is 13.1. The summed E-state index contributed by atoms with van der Waals surface area (Å²) < 4.78 is 10.4. The zero-order valence-electron chi connectivity index (χ0n) is 9.86. The highest BCUT2D eigenvalue weighted by Crippen LogP contribution is 2.15. The van der Waals surface area contributed by atoms with Crippen LogP contribution >= 0.6 is 15.9 Å². The number of furan rings is 1. The van der Waals surface area contributed by atoms with Gasteiger partial charge in [0, 0.05) is 13.1 Å². The summed E-state index contributed by atoms with van der Waals surface area (Å²) in [7, 11) is 0. The Morgan fingerprint density at radius 3 is 2.61 bits per heavy atom. The Bertz CT molecular complexity index is 437. The minimum atomic E-state index is -0.619. The monoisotopic (exact) mass is 315 g/mol. The van der Waals surface area contributed by atoms with Crippen molar-refractivity contribution in [2.24, 2.45) is 0 Å². The molecule has 0 atom stereocenters. The third kappa shape index (κ3) is 3.35. The van der Waals surface area contributed by atoms with Crippen LogP contribution in [0.2, 0.25) is 0 Å². The molecular formula is C12H14BrNO4. The van der Waals surface area contributed by atoms with Crippen LogP contribution in [0.4, 0.5) is 0 Å². The third-order valence-electron chi connectivity index (χ3n) is 2.81. The molecule has 2 rings (SSSR count). The van der Waals surface area contributed by atoms with Crippen molar-refractivity contribution in [2.75, 3.05) is 19.7 Å². The van der Waals surface area contributed by atoms with Crippen LogP contribution < -0.4 is 0 Å². The van der Waals surface area contributed by atoms with Crippen LogP contribution in [0, 0.1) is 0 Å². The molecule has 0 spiro atoms. The van der Waals surface area contributed by atoms with E-state index < -0.39 is 5.97 Å². The molecule has 98 valence electrons. The van der Waals surface area contributed by atoms with Crippen LogP contribution in [-0.2, 0) is 9.53 Å². The van der Waals surface area contributed by atoms with Gasteiger partial charge in [-0.2, -0.15) is 0 Å². The van der Waals surface area contributed by atoms with Gasteiger partial charge in [-0.1, -0.05) is 0 Å². The smallest absolute Gasteiger partial charge is 0.374 e. The molecule has 6 heteroatoms. The van der Waals surface area contributed by atoms with Crippen LogP contribution in [0.1, 0.15) is 29.8 Å². The molecule has 1 aromatic rings. The number of amides is 1. The van der Waals surface area contributed by atoms with E-state index in [9.17, 15) is 9.59 Å². The number of carbonyl (C=O) groups excluding carboxylic acids is 2. The van der Waals surface area contributed by atoms with E-state index in [0.29, 0.717) is 4.67 Å². The van der Waals surface area contributed by atoms with Crippen molar-refractivity contribution in [3.63, 3.8) is 0 Å². The van der Waals surface area contributed by atoms with E-state index in [-0.39, 0.29) is 18.3 Å². The van der Waals surface area contributed by atoms with E-state index in [1.807, 2.05) is 0 Å². The predicted octanol–water partition coefficient (Wildman–Crippen LogP) is 2.21. The molecule has 2 heterocycles. The van der Waals surface area contributed by atoms with Crippen molar-refractivity contribution >= 4 is 27.8 Å². The predicted molar refractivity (Wildman–Crippen MR) is 67.1 cm³/mol. The fraction of sp³-hybridized carbons (Fsp3) is 0.500. The van der Waals surface area contributed by atoms with Gasteiger partial charge in [-0.15, -0.1) is 0 Å². The second-order valence-corrected chi connectivity index (χ2v) is 4.90. The van der Waals surface area contributed by atoms with Crippen LogP contribution in [0.3, 0.4) is 0 Å². The zero-order chi connectivity index (χ0) is 13.0. The first-order valence-electron chi connectivity index (χ1n) is 5.87. The van der Waals surface area contributed by atoms with E-state index in [1.54, 1.807) is 11.0 Å². The van der Waals surface area contributed by atoms with Gasteiger partial charge in [0.1, 0.15) is 0 Å². The molecule has 1 amide bonds. The van der Waals surface area contributed by atoms with Gasteiger partial charge in [0.05, 0.1) is 0 Å². The number of esters is 1. The summed E-state index contributed by atoms with van der Waals surface area (Å²) in [6.07, 6.45) is 3.19. The molecule has 0 radical (unpaired) electrons. The summed E-state index contributed by atoms with van der Waals surface area (Å²) in [5.74, 6) is -0.673. The molecule has 0 N–H and O–H groups in total. The van der Waals surface area contributed by atoms with Gasteiger partial charge < -0.3 is 14.1 Å². The second-order valence-electron chi connectivity index (χ2n) is 4.12. The normalized spacial score (nSPS) is 15.5. The van der Waals surface area contributed by atoms with E-state index >= 15 is 0 Å². The first-order chi connectivity index (χ1) is 8.66. The number of halogens is 1. The maximum absolute atomic E-state index is 11.7. The van der Waals surface area contributed by atoms with Crippen molar-refractivity contribution < 1.29 is 18.7 Å². The van der Waals surface area contributed by atoms with Crippen LogP contribution in [0.15, 0.2) is 21.2 Å². The highest BCUT2D eigenvalue weighted by atomic mass is 79.9. The molecule has 1 saturated heterocycles. The Balaban J connectivity index is 1.80. The minimum Gasteiger partial charge on any atom is -0.450 e. The van der Waals surface area contributed by atoms with Crippen LogP contribution in [-0.4, -0.2) is 36.5 Å². The third-order valence-corrected chi connectivity index (χ3v) is 3.24. The van der Waals surface area contributed by atoms with Crippen LogP contribution in [0.25, 0.3) is 0 Å². The topological polar surface area (TPSA) is 59.8 Å². The fourth-order valence-electron chi connectivity index (χ4n) is 1.86. The summed E-state index contributed by atoms with van der Waals surface area (Å²) in [4.78, 5) is 25.0. The van der Waals surface area contributed by atoms with Gasteiger partial charge in [-0.3, -0.25) is 4.79 Å². The fourth-order valence-corrected chi connectivity index (χ4v) is 2.16. The number of rotatable bonds is 3. The Morgan fingerprint density at radius 2 is 2.00 bits per heavy atom. The maximum atomic E-state index is 11.7. The molecule has 0 aliphatic carbocycles. The van der Waals surface area contributed by atoms with Crippen molar-refractivity contribution in [3.8, 4) is 0 Å². The Labute approximate surface area is 113 Å². The van der Waals surface area contributed by atoms with Gasteiger partial charge in [0.15, 0.2) is 11.3 Å². The van der Waals surface area contributed by atoms with Crippen molar-refractivity contribution in [1.29, 1.82) is 0 Å². The number of ether oxygens (including phenoxy) is 1. The van der Waals surface area contributed by atoms with Gasteiger partial charge in [0.2, 0.25) is 5.76 Å². The lowest BCUT2D eigenvalue weighted by atomic mass is 10.1. The SMILES string of the molecule is O=C(OCC(=O)N1CCCCC1)c1ccc(Br)o1. The average Bonchev–Trinajstić information content (AvgIpc) is 2.83. The quantitative estimate of drug-likeness (QED) is 0.802. The van der Waals surface area contributed by atoms with Crippen LogP contribution in [0.5, 0.6) is 0 Å². The van der Waals surface area contributed by atoms with Crippen molar-refractivity contribution in [2.45, 2.75) is 19.3 Å². The van der Waals surface area contributed by atoms with E-state index in [2.05, 4.69) is 15.9 Å². The lowest BCUT2D eigenvalue weighted by Gasteiger charge is -2.26. The van der Waals surface area contributed by atoms with E-state index in [0.717, 1.165) is 32.4 Å². The summed E-state index contributed by atoms with van der Waals surface area (Å²) in [5, 5.41) is 0. The number of likely N-dealkylation sites (tertiary alicyclic amines) is 1. The van der Waals surface area contributed by atoms with Gasteiger partial charge in [0.25, 0.3) is 5.91 Å². The van der Waals surface area contributed by atoms with Gasteiger partial charge in [-0.05, 0) is 47.3 Å². The number of nitrogens with zero attached hydrogens (tertiary/aromatic N) is 1. The largest absolute Gasteiger partial charge is 0.450 e. The summed E-state index contributed by atoms with van der Waals surface area (Å²) in [5.41, 5.74) is 0. The lowest BCUT2D eigenvalue weighted by Crippen LogP contribution is -2.38. The van der Waals surface area contributed by atoms with Crippen molar-refractivity contribution in [1.82, 2.24) is 4.90 Å². The number of hydrogen-bond donors (Lipinski definition) is 0. The van der Waals surface area contributed by atoms with E-state index in [1.165, 1.54) is 6.07 Å². The molecule has 1 fully saturated rings. The molecule has 0 saturated carbocycles. The van der Waals surface area contributed by atoms with Gasteiger partial charge >= 0.3 is 5.97 Å². The molecule has 1 aliphatic heterocycles. The minimum absolute atomic E-state index is 0.0910. The molecule has 0 unspecified atom stereocenters. The average molecular weight is 316 g/mol. The highest BCUT2D eigenvalue weighted by molar-refractivity contribution is 9.10. The Kier molecular flexibility index (Phi) is 4.41. The lowest BCUT2D eigenvalue weighted by molar-refractivity contribution is -0.135. The summed E-state index contributed by atoms with van der Waals surface area (Å²) >= 11 is 3.09. The van der Waals surface area contributed by atoms with E-state index in [4.69, 9.17) is 9.15 Å². The molecule has 1 aromatic heterocycles. The number of carbonyl (C=O) groups is 2. The number of hydrogen-bond acceptors (Lipinski definition) is 4. The highest BCUT2D eigenvalue weighted by Gasteiger charge is 2.19. The standard InChI is InChI=1S/C12H14BrNO4/c13-10-5-4-9(18-10)12(16)17-8-11(15)14-6-2-1-3-7-14/h4-5H,1-3,6-8H2. The summed E-state index contributed by atoms with van der Waals surface area (Å²) in [6.45, 7) is 1.28. The molecule has 18 heavy (non-hydrogen) atoms. The Hall–Kier alpha value is -1.30. The molecule has 0 bridgehead atoms. The molecule has 5 nitrogen and oxygen atoms in total. The molecule has 1 aliphatic rings. The second kappa shape index (κ2) is 6.04. The molecule has 0 aromatic carbocycles. The van der Waals surface area contributed by atoms with Gasteiger partial charge in [-0.25, -0.2) is 4.79 Å². The number of piperidine rings is 1.